The molecule has 0 aliphatic heterocycles. The number of rotatable bonds is 24. The average Bonchev–Trinajstić information content (AvgIpc) is 2.74. The monoisotopic (exact) mass is 438 g/mol. The fraction of sp³-hybridized carbons (Fsp3) is 1.00. The Morgan fingerprint density at radius 2 is 0.742 bits per heavy atom. The molecule has 0 aliphatic carbocycles. The molecule has 0 saturated carbocycles. The Hall–Kier alpha value is -0.0400. The number of aliphatic hydroxyl groups excluding tert-OH is 1. The SMILES string of the molecule is CCCCCCCCCCCCC(C)CCCCCCC[C@H](C)CCC[C@H](C)C(C)O. The van der Waals surface area contributed by atoms with Gasteiger partial charge in [-0.05, 0) is 31.1 Å². The molecule has 0 fully saturated rings. The lowest BCUT2D eigenvalue weighted by Crippen LogP contribution is -2.13. The maximum absolute atomic E-state index is 9.57. The molecule has 4 atom stereocenters. The fourth-order valence-corrected chi connectivity index (χ4v) is 4.81. The number of hydrogen-bond acceptors (Lipinski definition) is 1. The van der Waals surface area contributed by atoms with Crippen LogP contribution in [0, 0.1) is 17.8 Å². The van der Waals surface area contributed by atoms with Crippen molar-refractivity contribution in [3.63, 3.8) is 0 Å². The van der Waals surface area contributed by atoms with Crippen LogP contribution in [-0.4, -0.2) is 11.2 Å². The number of unbranched alkanes of at least 4 members (excludes halogenated alkanes) is 13. The third-order valence-electron chi connectivity index (χ3n) is 7.62. The van der Waals surface area contributed by atoms with Gasteiger partial charge in [-0.15, -0.1) is 0 Å². The molecular formula is C30H62O. The quantitative estimate of drug-likeness (QED) is 0.149. The van der Waals surface area contributed by atoms with Gasteiger partial charge >= 0.3 is 0 Å². The van der Waals surface area contributed by atoms with Crippen LogP contribution in [0.2, 0.25) is 0 Å². The van der Waals surface area contributed by atoms with Gasteiger partial charge in [0, 0.05) is 0 Å². The predicted molar refractivity (Wildman–Crippen MR) is 142 cm³/mol. The highest BCUT2D eigenvalue weighted by Gasteiger charge is 2.09. The lowest BCUT2D eigenvalue weighted by molar-refractivity contribution is 0.127. The topological polar surface area (TPSA) is 20.2 Å². The van der Waals surface area contributed by atoms with Crippen LogP contribution < -0.4 is 0 Å². The third-order valence-corrected chi connectivity index (χ3v) is 7.62. The third kappa shape index (κ3) is 22.9. The molecule has 188 valence electrons. The molecule has 1 heteroatoms. The Labute approximate surface area is 198 Å². The minimum Gasteiger partial charge on any atom is -0.393 e. The van der Waals surface area contributed by atoms with Gasteiger partial charge in [0.2, 0.25) is 0 Å². The maximum atomic E-state index is 9.57. The first-order valence-corrected chi connectivity index (χ1v) is 14.6. The van der Waals surface area contributed by atoms with E-state index in [-0.39, 0.29) is 6.10 Å². The van der Waals surface area contributed by atoms with Crippen LogP contribution in [0.3, 0.4) is 0 Å². The highest BCUT2D eigenvalue weighted by atomic mass is 16.3. The summed E-state index contributed by atoms with van der Waals surface area (Å²) in [7, 11) is 0. The van der Waals surface area contributed by atoms with Gasteiger partial charge in [0.25, 0.3) is 0 Å². The van der Waals surface area contributed by atoms with Crippen molar-refractivity contribution in [2.24, 2.45) is 17.8 Å². The minimum absolute atomic E-state index is 0.145. The Morgan fingerprint density at radius 3 is 1.10 bits per heavy atom. The van der Waals surface area contributed by atoms with Crippen molar-refractivity contribution >= 4 is 0 Å². The second kappa shape index (κ2) is 23.1. The number of aliphatic hydroxyl groups is 1. The van der Waals surface area contributed by atoms with E-state index in [1.54, 1.807) is 0 Å². The van der Waals surface area contributed by atoms with Gasteiger partial charge < -0.3 is 5.11 Å². The summed E-state index contributed by atoms with van der Waals surface area (Å²) < 4.78 is 0. The van der Waals surface area contributed by atoms with Crippen molar-refractivity contribution in [2.75, 3.05) is 0 Å². The predicted octanol–water partition coefficient (Wildman–Crippen LogP) is 10.5. The summed E-state index contributed by atoms with van der Waals surface area (Å²) in [6.07, 6.45) is 29.7. The van der Waals surface area contributed by atoms with E-state index in [0.29, 0.717) is 5.92 Å². The molecule has 0 heterocycles. The first kappa shape index (κ1) is 31.0. The van der Waals surface area contributed by atoms with Crippen LogP contribution in [0.5, 0.6) is 0 Å². The molecule has 1 nitrogen and oxygen atoms in total. The highest BCUT2D eigenvalue weighted by Crippen LogP contribution is 2.21. The van der Waals surface area contributed by atoms with Crippen LogP contribution in [0.25, 0.3) is 0 Å². The van der Waals surface area contributed by atoms with Crippen molar-refractivity contribution < 1.29 is 5.11 Å². The normalized spacial score (nSPS) is 15.7. The molecule has 0 spiro atoms. The molecule has 2 unspecified atom stereocenters. The van der Waals surface area contributed by atoms with Gasteiger partial charge in [0.1, 0.15) is 0 Å². The van der Waals surface area contributed by atoms with Crippen LogP contribution in [0.15, 0.2) is 0 Å². The molecule has 0 amide bonds. The Bertz CT molecular complexity index is 337. The van der Waals surface area contributed by atoms with E-state index in [4.69, 9.17) is 0 Å². The molecule has 0 aliphatic rings. The zero-order valence-corrected chi connectivity index (χ0v) is 22.6. The summed E-state index contributed by atoms with van der Waals surface area (Å²) in [6, 6.07) is 0. The second-order valence-corrected chi connectivity index (χ2v) is 11.2. The van der Waals surface area contributed by atoms with Gasteiger partial charge in [0.15, 0.2) is 0 Å². The van der Waals surface area contributed by atoms with Crippen molar-refractivity contribution in [1.29, 1.82) is 0 Å². The van der Waals surface area contributed by atoms with E-state index in [2.05, 4.69) is 27.7 Å². The van der Waals surface area contributed by atoms with Crippen LogP contribution >= 0.6 is 0 Å². The Morgan fingerprint density at radius 1 is 0.419 bits per heavy atom. The highest BCUT2D eigenvalue weighted by molar-refractivity contribution is 4.62. The van der Waals surface area contributed by atoms with E-state index >= 15 is 0 Å². The minimum atomic E-state index is -0.145. The van der Waals surface area contributed by atoms with Gasteiger partial charge in [0.05, 0.1) is 6.10 Å². The summed E-state index contributed by atoms with van der Waals surface area (Å²) >= 11 is 0. The average molecular weight is 439 g/mol. The lowest BCUT2D eigenvalue weighted by atomic mass is 9.92. The molecular weight excluding hydrogens is 376 g/mol. The largest absolute Gasteiger partial charge is 0.393 e. The van der Waals surface area contributed by atoms with Crippen molar-refractivity contribution in [3.8, 4) is 0 Å². The first-order chi connectivity index (χ1) is 15.0. The molecule has 0 radical (unpaired) electrons. The Balaban J connectivity index is 3.31. The Kier molecular flexibility index (Phi) is 23.1. The van der Waals surface area contributed by atoms with Crippen LogP contribution in [0.4, 0.5) is 0 Å². The van der Waals surface area contributed by atoms with Crippen molar-refractivity contribution in [3.05, 3.63) is 0 Å². The molecule has 0 rings (SSSR count). The van der Waals surface area contributed by atoms with Crippen LogP contribution in [-0.2, 0) is 0 Å². The molecule has 0 aromatic rings. The zero-order chi connectivity index (χ0) is 23.2. The zero-order valence-electron chi connectivity index (χ0n) is 22.6. The van der Waals surface area contributed by atoms with E-state index in [0.717, 1.165) is 11.8 Å². The second-order valence-electron chi connectivity index (χ2n) is 11.2. The maximum Gasteiger partial charge on any atom is 0.0537 e. The van der Waals surface area contributed by atoms with Crippen molar-refractivity contribution in [2.45, 2.75) is 176 Å². The summed E-state index contributed by atoms with van der Waals surface area (Å²) in [5.41, 5.74) is 0. The summed E-state index contributed by atoms with van der Waals surface area (Å²) in [5, 5.41) is 9.57. The van der Waals surface area contributed by atoms with Crippen molar-refractivity contribution in [1.82, 2.24) is 0 Å². The summed E-state index contributed by atoms with van der Waals surface area (Å²) in [6.45, 7) is 11.3. The lowest BCUT2D eigenvalue weighted by Gasteiger charge is -2.16. The number of hydrogen-bond donors (Lipinski definition) is 1. The molecule has 0 bridgehead atoms. The standard InChI is InChI=1S/C30H62O/c1-6-7-8-9-10-11-12-13-15-18-22-27(2)23-19-16-14-17-20-24-28(3)25-21-26-29(4)30(5)31/h27-31H,6-26H2,1-5H3/t27?,28-,29-,30?/m0/s1. The van der Waals surface area contributed by atoms with E-state index in [1.165, 1.54) is 135 Å². The van der Waals surface area contributed by atoms with Crippen LogP contribution in [0.1, 0.15) is 169 Å². The first-order valence-electron chi connectivity index (χ1n) is 14.6. The summed E-state index contributed by atoms with van der Waals surface area (Å²) in [5.74, 6) is 2.26. The molecule has 0 aromatic carbocycles. The van der Waals surface area contributed by atoms with Gasteiger partial charge in [-0.3, -0.25) is 0 Å². The van der Waals surface area contributed by atoms with Gasteiger partial charge in [-0.2, -0.15) is 0 Å². The van der Waals surface area contributed by atoms with Gasteiger partial charge in [-0.25, -0.2) is 0 Å². The molecule has 0 saturated heterocycles. The smallest absolute Gasteiger partial charge is 0.0537 e. The van der Waals surface area contributed by atoms with Gasteiger partial charge in [-0.1, -0.05) is 156 Å². The fourth-order valence-electron chi connectivity index (χ4n) is 4.81. The van der Waals surface area contributed by atoms with E-state index in [9.17, 15) is 5.11 Å². The van der Waals surface area contributed by atoms with E-state index in [1.807, 2.05) is 6.92 Å². The summed E-state index contributed by atoms with van der Waals surface area (Å²) in [4.78, 5) is 0. The molecule has 1 N–H and O–H groups in total. The van der Waals surface area contributed by atoms with E-state index < -0.39 is 0 Å². The molecule has 31 heavy (non-hydrogen) atoms. The molecule has 0 aromatic heterocycles.